The van der Waals surface area contributed by atoms with Gasteiger partial charge in [0, 0.05) is 5.02 Å². The van der Waals surface area contributed by atoms with E-state index in [4.69, 9.17) is 16.3 Å². The average Bonchev–Trinajstić information content (AvgIpc) is 2.46. The van der Waals surface area contributed by atoms with E-state index in [0.29, 0.717) is 17.4 Å². The van der Waals surface area contributed by atoms with Crippen LogP contribution in [0.3, 0.4) is 0 Å². The fourth-order valence-corrected chi connectivity index (χ4v) is 1.56. The highest BCUT2D eigenvalue weighted by Crippen LogP contribution is 2.22. The highest BCUT2D eigenvalue weighted by Gasteiger charge is 2.18. The molecule has 0 spiro atoms. The molecule has 1 aromatic carbocycles. The van der Waals surface area contributed by atoms with Gasteiger partial charge in [-0.15, -0.1) is 0 Å². The Morgan fingerprint density at radius 2 is 1.86 bits per heavy atom. The van der Waals surface area contributed by atoms with Gasteiger partial charge in [-0.3, -0.25) is 20.4 Å². The summed E-state index contributed by atoms with van der Waals surface area (Å²) in [7, 11) is 0. The summed E-state index contributed by atoms with van der Waals surface area (Å²) in [6.45, 7) is 3.74. The Morgan fingerprint density at radius 1 is 1.14 bits per heavy atom. The number of hydrogen-bond donors (Lipinski definition) is 2. The van der Waals surface area contributed by atoms with Crippen LogP contribution in [0.1, 0.15) is 24.2 Å². The van der Waals surface area contributed by atoms with Crippen molar-refractivity contribution in [1.82, 2.24) is 10.9 Å². The van der Waals surface area contributed by atoms with Crippen molar-refractivity contribution in [1.29, 1.82) is 0 Å². The number of hydrogen-bond acceptors (Lipinski definition) is 5. The Kier molecular flexibility index (Phi) is 6.48. The molecule has 0 saturated carbocycles. The van der Waals surface area contributed by atoms with Crippen LogP contribution in [-0.4, -0.2) is 31.0 Å². The molecule has 8 heteroatoms. The van der Waals surface area contributed by atoms with E-state index in [2.05, 4.69) is 10.2 Å². The predicted molar refractivity (Wildman–Crippen MR) is 74.9 cm³/mol. The van der Waals surface area contributed by atoms with E-state index in [9.17, 15) is 14.4 Å². The molecular weight excluding hydrogens is 300 g/mol. The van der Waals surface area contributed by atoms with Gasteiger partial charge in [-0.25, -0.2) is 4.79 Å². The lowest BCUT2D eigenvalue weighted by Gasteiger charge is -2.11. The molecule has 0 aliphatic carbocycles. The highest BCUT2D eigenvalue weighted by atomic mass is 35.5. The third kappa shape index (κ3) is 4.96. The van der Waals surface area contributed by atoms with Crippen molar-refractivity contribution >= 4 is 29.4 Å². The Bertz CT molecular complexity index is 547. The van der Waals surface area contributed by atoms with E-state index >= 15 is 0 Å². The number of benzene rings is 1. The van der Waals surface area contributed by atoms with Crippen LogP contribution in [-0.2, 0) is 14.3 Å². The summed E-state index contributed by atoms with van der Waals surface area (Å²) in [6, 6.07) is 4.49. The van der Waals surface area contributed by atoms with Gasteiger partial charge in [0.1, 0.15) is 5.75 Å². The van der Waals surface area contributed by atoms with Gasteiger partial charge in [-0.05, 0) is 32.0 Å². The van der Waals surface area contributed by atoms with Crippen LogP contribution >= 0.6 is 11.6 Å². The van der Waals surface area contributed by atoms with Crippen LogP contribution in [0.15, 0.2) is 18.2 Å². The summed E-state index contributed by atoms with van der Waals surface area (Å²) in [5, 5.41) is 0.334. The largest absolute Gasteiger partial charge is 0.493 e. The Balaban J connectivity index is 2.73. The van der Waals surface area contributed by atoms with Crippen LogP contribution in [0, 0.1) is 0 Å². The molecule has 1 rings (SSSR count). The quantitative estimate of drug-likeness (QED) is 0.492. The molecule has 0 aliphatic heterocycles. The van der Waals surface area contributed by atoms with Crippen molar-refractivity contribution in [3.63, 3.8) is 0 Å². The van der Waals surface area contributed by atoms with Gasteiger partial charge in [0.15, 0.2) is 0 Å². The lowest BCUT2D eigenvalue weighted by atomic mass is 10.2. The minimum absolute atomic E-state index is 0.0585. The molecular formula is C13H15ClN2O5. The summed E-state index contributed by atoms with van der Waals surface area (Å²) < 4.78 is 9.76. The van der Waals surface area contributed by atoms with Gasteiger partial charge < -0.3 is 9.47 Å². The number of nitrogens with one attached hydrogen (secondary N) is 2. The minimum atomic E-state index is -1.09. The van der Waals surface area contributed by atoms with Crippen LogP contribution < -0.4 is 15.6 Å². The summed E-state index contributed by atoms with van der Waals surface area (Å²) in [6.07, 6.45) is 0. The smallest absolute Gasteiger partial charge is 0.398 e. The zero-order valence-corrected chi connectivity index (χ0v) is 12.3. The van der Waals surface area contributed by atoms with Crippen LogP contribution in [0.25, 0.3) is 0 Å². The minimum Gasteiger partial charge on any atom is -0.493 e. The molecule has 0 heterocycles. The lowest BCUT2D eigenvalue weighted by Crippen LogP contribution is -2.45. The van der Waals surface area contributed by atoms with E-state index in [1.165, 1.54) is 12.1 Å². The van der Waals surface area contributed by atoms with Crippen LogP contribution in [0.5, 0.6) is 5.75 Å². The molecule has 114 valence electrons. The van der Waals surface area contributed by atoms with Crippen molar-refractivity contribution in [3.05, 3.63) is 28.8 Å². The molecule has 2 N–H and O–H groups in total. The van der Waals surface area contributed by atoms with Crippen molar-refractivity contribution in [3.8, 4) is 5.75 Å². The molecule has 2 amide bonds. The number of halogens is 1. The summed E-state index contributed by atoms with van der Waals surface area (Å²) >= 11 is 5.82. The van der Waals surface area contributed by atoms with Crippen molar-refractivity contribution in [2.75, 3.05) is 13.2 Å². The van der Waals surface area contributed by atoms with E-state index in [1.807, 2.05) is 5.43 Å². The van der Waals surface area contributed by atoms with Crippen molar-refractivity contribution in [2.24, 2.45) is 0 Å². The molecule has 1 aromatic rings. The van der Waals surface area contributed by atoms with Crippen LogP contribution in [0.4, 0.5) is 0 Å². The number of carbonyl (C=O) groups is 3. The van der Waals surface area contributed by atoms with Crippen molar-refractivity contribution in [2.45, 2.75) is 13.8 Å². The maximum absolute atomic E-state index is 12.0. The molecule has 0 saturated heterocycles. The second kappa shape index (κ2) is 8.11. The SMILES string of the molecule is CCOC(=O)C(=O)NNC(=O)c1cc(Cl)ccc1OCC. The zero-order valence-electron chi connectivity index (χ0n) is 11.6. The Hall–Kier alpha value is -2.28. The fourth-order valence-electron chi connectivity index (χ4n) is 1.39. The zero-order chi connectivity index (χ0) is 15.8. The second-order valence-electron chi connectivity index (χ2n) is 3.70. The topological polar surface area (TPSA) is 93.7 Å². The van der Waals surface area contributed by atoms with E-state index in [-0.39, 0.29) is 12.2 Å². The van der Waals surface area contributed by atoms with E-state index in [1.54, 1.807) is 19.9 Å². The van der Waals surface area contributed by atoms with Gasteiger partial charge in [0.25, 0.3) is 5.91 Å². The molecule has 0 fully saturated rings. The molecule has 0 unspecified atom stereocenters. The second-order valence-corrected chi connectivity index (χ2v) is 4.14. The first-order chi connectivity index (χ1) is 9.99. The van der Waals surface area contributed by atoms with Crippen LogP contribution in [0.2, 0.25) is 5.02 Å². The highest BCUT2D eigenvalue weighted by molar-refractivity contribution is 6.32. The number of carbonyl (C=O) groups excluding carboxylic acids is 3. The predicted octanol–water partition coefficient (Wildman–Crippen LogP) is 1.06. The summed E-state index contributed by atoms with van der Waals surface area (Å²) in [5.41, 5.74) is 4.16. The Morgan fingerprint density at radius 3 is 2.48 bits per heavy atom. The van der Waals surface area contributed by atoms with Gasteiger partial charge in [0.05, 0.1) is 18.8 Å². The number of hydrazine groups is 1. The molecule has 0 aromatic heterocycles. The number of ether oxygens (including phenoxy) is 2. The number of amides is 2. The third-order valence-electron chi connectivity index (χ3n) is 2.24. The molecule has 0 aliphatic rings. The Labute approximate surface area is 126 Å². The molecule has 7 nitrogen and oxygen atoms in total. The normalized spacial score (nSPS) is 9.67. The maximum atomic E-state index is 12.0. The summed E-state index contributed by atoms with van der Waals surface area (Å²) in [5.74, 6) is -2.53. The van der Waals surface area contributed by atoms with Crippen molar-refractivity contribution < 1.29 is 23.9 Å². The van der Waals surface area contributed by atoms with Gasteiger partial charge >= 0.3 is 11.9 Å². The first kappa shape index (κ1) is 16.8. The average molecular weight is 315 g/mol. The van der Waals surface area contributed by atoms with Gasteiger partial charge in [-0.1, -0.05) is 11.6 Å². The third-order valence-corrected chi connectivity index (χ3v) is 2.47. The van der Waals surface area contributed by atoms with E-state index < -0.39 is 17.8 Å². The maximum Gasteiger partial charge on any atom is 0.398 e. The van der Waals surface area contributed by atoms with Gasteiger partial charge in [-0.2, -0.15) is 0 Å². The standard InChI is InChI=1S/C13H15ClN2O5/c1-3-20-10-6-5-8(14)7-9(10)11(17)15-16-12(18)13(19)21-4-2/h5-7H,3-4H2,1-2H3,(H,15,17)(H,16,18). The fraction of sp³-hybridized carbons (Fsp3) is 0.308. The molecule has 0 radical (unpaired) electrons. The first-order valence-corrected chi connectivity index (χ1v) is 6.57. The number of rotatable bonds is 4. The van der Waals surface area contributed by atoms with E-state index in [0.717, 1.165) is 0 Å². The number of esters is 1. The summed E-state index contributed by atoms with van der Waals surface area (Å²) in [4.78, 5) is 34.3. The first-order valence-electron chi connectivity index (χ1n) is 6.19. The monoisotopic (exact) mass is 314 g/mol. The molecule has 21 heavy (non-hydrogen) atoms. The lowest BCUT2D eigenvalue weighted by molar-refractivity contribution is -0.154. The van der Waals surface area contributed by atoms with Gasteiger partial charge in [0.2, 0.25) is 0 Å². The molecule has 0 bridgehead atoms. The molecule has 0 atom stereocenters.